The van der Waals surface area contributed by atoms with Crippen molar-refractivity contribution in [2.45, 2.75) is 6.92 Å². The second-order valence-corrected chi connectivity index (χ2v) is 3.98. The van der Waals surface area contributed by atoms with E-state index in [0.29, 0.717) is 5.56 Å². The molecule has 0 aliphatic rings. The molecule has 1 aromatic carbocycles. The summed E-state index contributed by atoms with van der Waals surface area (Å²) in [6, 6.07) is 5.46. The lowest BCUT2D eigenvalue weighted by Gasteiger charge is -2.06. The second-order valence-electron chi connectivity index (χ2n) is 3.98. The Morgan fingerprint density at radius 2 is 1.90 bits per heavy atom. The zero-order valence-corrected chi connectivity index (χ0v) is 11.7. The van der Waals surface area contributed by atoms with Crippen LogP contribution in [0.2, 0.25) is 0 Å². The van der Waals surface area contributed by atoms with E-state index in [4.69, 9.17) is 9.47 Å². The highest BCUT2D eigenvalue weighted by Gasteiger charge is 2.19. The maximum Gasteiger partial charge on any atom is 0.341 e. The lowest BCUT2D eigenvalue weighted by Crippen LogP contribution is -2.19. The normalized spacial score (nSPS) is 11.0. The van der Waals surface area contributed by atoms with Gasteiger partial charge in [-0.15, -0.1) is 0 Å². The number of non-ortho nitro benzene ring substituents is 1. The Morgan fingerprint density at radius 3 is 2.38 bits per heavy atom. The molecule has 0 saturated carbocycles. The Labute approximate surface area is 121 Å². The van der Waals surface area contributed by atoms with Gasteiger partial charge in [-0.3, -0.25) is 14.9 Å². The lowest BCUT2D eigenvalue weighted by molar-refractivity contribution is -0.384. The van der Waals surface area contributed by atoms with Crippen molar-refractivity contribution in [2.75, 3.05) is 20.3 Å². The second kappa shape index (κ2) is 7.91. The van der Waals surface area contributed by atoms with Crippen LogP contribution in [-0.2, 0) is 19.1 Å². The fraction of sp³-hybridized carbons (Fsp3) is 0.286. The average Bonchev–Trinajstić information content (AvgIpc) is 2.45. The summed E-state index contributed by atoms with van der Waals surface area (Å²) in [5.41, 5.74) is 0.244. The van der Waals surface area contributed by atoms with Crippen LogP contribution in [0.1, 0.15) is 12.5 Å². The van der Waals surface area contributed by atoms with Gasteiger partial charge in [-0.25, -0.2) is 4.79 Å². The van der Waals surface area contributed by atoms with Crippen molar-refractivity contribution in [1.82, 2.24) is 0 Å². The molecule has 112 valence electrons. The van der Waals surface area contributed by atoms with Gasteiger partial charge in [0.1, 0.15) is 12.2 Å². The number of Topliss-reactive ketones (excluding diaryl/α,β-unsaturated/α-hetero) is 1. The fourth-order valence-corrected chi connectivity index (χ4v) is 1.53. The van der Waals surface area contributed by atoms with Crippen LogP contribution in [0.3, 0.4) is 0 Å². The van der Waals surface area contributed by atoms with Crippen LogP contribution in [-0.4, -0.2) is 37.0 Å². The first-order valence-corrected chi connectivity index (χ1v) is 6.15. The summed E-state index contributed by atoms with van der Waals surface area (Å²) in [5.74, 6) is -1.27. The molecule has 0 unspecified atom stereocenters. The van der Waals surface area contributed by atoms with Gasteiger partial charge in [-0.2, -0.15) is 0 Å². The predicted octanol–water partition coefficient (Wildman–Crippen LogP) is 1.76. The summed E-state index contributed by atoms with van der Waals surface area (Å²) in [6.45, 7) is 1.51. The predicted molar refractivity (Wildman–Crippen MR) is 74.6 cm³/mol. The first-order chi connectivity index (χ1) is 9.99. The molecule has 0 aliphatic heterocycles. The van der Waals surface area contributed by atoms with Crippen LogP contribution in [0.25, 0.3) is 6.08 Å². The topological polar surface area (TPSA) is 95.7 Å². The van der Waals surface area contributed by atoms with Crippen molar-refractivity contribution in [3.63, 3.8) is 0 Å². The molecule has 0 aromatic heterocycles. The van der Waals surface area contributed by atoms with E-state index in [1.807, 2.05) is 0 Å². The van der Waals surface area contributed by atoms with Crippen molar-refractivity contribution < 1.29 is 24.0 Å². The Bertz CT molecular complexity index is 541. The van der Waals surface area contributed by atoms with Crippen LogP contribution in [0.4, 0.5) is 5.69 Å². The maximum atomic E-state index is 11.8. The van der Waals surface area contributed by atoms with Crippen molar-refractivity contribution in [3.05, 3.63) is 45.5 Å². The van der Waals surface area contributed by atoms with Crippen LogP contribution in [0.15, 0.2) is 29.8 Å². The minimum absolute atomic E-state index is 0.0759. The zero-order chi connectivity index (χ0) is 15.8. The first kappa shape index (κ1) is 16.5. The van der Waals surface area contributed by atoms with Gasteiger partial charge in [0.05, 0.1) is 11.5 Å². The molecule has 1 rings (SSSR count). The number of nitrogens with zero attached hydrogens (tertiary/aromatic N) is 1. The third kappa shape index (κ3) is 4.81. The number of benzene rings is 1. The summed E-state index contributed by atoms with van der Waals surface area (Å²) in [4.78, 5) is 33.6. The Hall–Kier alpha value is -2.54. The van der Waals surface area contributed by atoms with Crippen molar-refractivity contribution in [2.24, 2.45) is 0 Å². The number of ether oxygens (including phenoxy) is 2. The van der Waals surface area contributed by atoms with Gasteiger partial charge in [0.2, 0.25) is 0 Å². The summed E-state index contributed by atoms with van der Waals surface area (Å²) < 4.78 is 9.53. The first-order valence-electron chi connectivity index (χ1n) is 6.15. The Balaban J connectivity index is 3.08. The van der Waals surface area contributed by atoms with E-state index in [1.54, 1.807) is 6.92 Å². The van der Waals surface area contributed by atoms with Crippen LogP contribution in [0.5, 0.6) is 0 Å². The molecule has 1 aromatic rings. The zero-order valence-electron chi connectivity index (χ0n) is 11.7. The van der Waals surface area contributed by atoms with E-state index in [0.717, 1.165) is 0 Å². The summed E-state index contributed by atoms with van der Waals surface area (Å²) in [6.07, 6.45) is 1.32. The van der Waals surface area contributed by atoms with E-state index in [-0.39, 0.29) is 24.5 Å². The molecule has 0 saturated heterocycles. The van der Waals surface area contributed by atoms with Gasteiger partial charge < -0.3 is 9.47 Å². The molecule has 21 heavy (non-hydrogen) atoms. The van der Waals surface area contributed by atoms with E-state index < -0.39 is 16.7 Å². The highest BCUT2D eigenvalue weighted by Crippen LogP contribution is 2.15. The molecule has 0 bridgehead atoms. The minimum atomic E-state index is -0.752. The largest absolute Gasteiger partial charge is 0.462 e. The molecule has 0 amide bonds. The molecule has 0 atom stereocenters. The number of hydrogen-bond donors (Lipinski definition) is 0. The highest BCUT2D eigenvalue weighted by atomic mass is 16.6. The number of nitro benzene ring substituents is 1. The summed E-state index contributed by atoms with van der Waals surface area (Å²) in [5, 5.41) is 10.6. The van der Waals surface area contributed by atoms with Gasteiger partial charge in [-0.05, 0) is 30.7 Å². The van der Waals surface area contributed by atoms with E-state index in [9.17, 15) is 19.7 Å². The number of nitro groups is 1. The Morgan fingerprint density at radius 1 is 1.29 bits per heavy atom. The number of rotatable bonds is 7. The molecular weight excluding hydrogens is 278 g/mol. The number of carbonyl (C=O) groups excluding carboxylic acids is 2. The molecule has 0 aliphatic carbocycles. The molecule has 7 heteroatoms. The molecule has 0 spiro atoms. The van der Waals surface area contributed by atoms with Crippen LogP contribution in [0, 0.1) is 10.1 Å². The average molecular weight is 293 g/mol. The van der Waals surface area contributed by atoms with Crippen molar-refractivity contribution >= 4 is 23.5 Å². The summed E-state index contributed by atoms with van der Waals surface area (Å²) >= 11 is 0. The van der Waals surface area contributed by atoms with Crippen molar-refractivity contribution in [1.29, 1.82) is 0 Å². The van der Waals surface area contributed by atoms with Crippen LogP contribution < -0.4 is 0 Å². The fourth-order valence-electron chi connectivity index (χ4n) is 1.53. The van der Waals surface area contributed by atoms with Gasteiger partial charge in [0.25, 0.3) is 5.69 Å². The summed E-state index contributed by atoms with van der Waals surface area (Å²) in [7, 11) is 1.34. The molecular formula is C14H15NO6. The van der Waals surface area contributed by atoms with Gasteiger partial charge in [0.15, 0.2) is 5.78 Å². The number of esters is 1. The third-order valence-corrected chi connectivity index (χ3v) is 2.49. The van der Waals surface area contributed by atoms with Gasteiger partial charge >= 0.3 is 5.97 Å². The van der Waals surface area contributed by atoms with E-state index in [1.165, 1.54) is 37.5 Å². The molecule has 0 heterocycles. The lowest BCUT2D eigenvalue weighted by atomic mass is 10.1. The SMILES string of the molecule is CCOC(=O)C(=Cc1ccc([N+](=O)[O-])cc1)C(=O)COC. The molecule has 7 nitrogen and oxygen atoms in total. The van der Waals surface area contributed by atoms with Crippen LogP contribution >= 0.6 is 0 Å². The third-order valence-electron chi connectivity index (χ3n) is 2.49. The molecule has 0 N–H and O–H groups in total. The molecule has 0 fully saturated rings. The maximum absolute atomic E-state index is 11.8. The smallest absolute Gasteiger partial charge is 0.341 e. The number of ketones is 1. The van der Waals surface area contributed by atoms with E-state index >= 15 is 0 Å². The van der Waals surface area contributed by atoms with Gasteiger partial charge in [0, 0.05) is 19.2 Å². The minimum Gasteiger partial charge on any atom is -0.462 e. The Kier molecular flexibility index (Phi) is 6.22. The highest BCUT2D eigenvalue weighted by molar-refractivity contribution is 6.21. The van der Waals surface area contributed by atoms with Gasteiger partial charge in [-0.1, -0.05) is 0 Å². The number of hydrogen-bond acceptors (Lipinski definition) is 6. The number of methoxy groups -OCH3 is 1. The molecule has 0 radical (unpaired) electrons. The monoisotopic (exact) mass is 293 g/mol. The quantitative estimate of drug-likeness (QED) is 0.190. The van der Waals surface area contributed by atoms with E-state index in [2.05, 4.69) is 0 Å². The standard InChI is InChI=1S/C14H15NO6/c1-3-21-14(17)12(13(16)9-20-2)8-10-4-6-11(7-5-10)15(18)19/h4-8H,3,9H2,1-2H3. The number of carbonyl (C=O) groups is 2. The van der Waals surface area contributed by atoms with Crippen molar-refractivity contribution in [3.8, 4) is 0 Å².